The standard InChI is InChI=1S/C11H14O3/c1-3-4-8-5-9(12-2)11-10(6-8)13-7-14-11/h3,5-6,9,11H,1,4,7H2,2H3. The zero-order chi connectivity index (χ0) is 9.97. The molecule has 1 heterocycles. The highest BCUT2D eigenvalue weighted by molar-refractivity contribution is 5.33. The van der Waals surface area contributed by atoms with Gasteiger partial charge in [0.25, 0.3) is 0 Å². The predicted molar refractivity (Wildman–Crippen MR) is 52.6 cm³/mol. The van der Waals surface area contributed by atoms with Crippen LogP contribution in [0.15, 0.2) is 36.1 Å². The Hall–Kier alpha value is -1.06. The predicted octanol–water partition coefficient (Wildman–Crippen LogP) is 1.77. The lowest BCUT2D eigenvalue weighted by Gasteiger charge is -2.22. The van der Waals surface area contributed by atoms with Crippen LogP contribution in [0.5, 0.6) is 0 Å². The molecule has 14 heavy (non-hydrogen) atoms. The van der Waals surface area contributed by atoms with Crippen molar-refractivity contribution in [1.82, 2.24) is 0 Å². The van der Waals surface area contributed by atoms with Crippen LogP contribution in [0.3, 0.4) is 0 Å². The number of ether oxygens (including phenoxy) is 3. The molecule has 0 radical (unpaired) electrons. The number of hydrogen-bond donors (Lipinski definition) is 0. The van der Waals surface area contributed by atoms with Crippen molar-refractivity contribution < 1.29 is 14.2 Å². The summed E-state index contributed by atoms with van der Waals surface area (Å²) in [5.41, 5.74) is 1.17. The first-order valence-corrected chi connectivity index (χ1v) is 4.65. The zero-order valence-electron chi connectivity index (χ0n) is 8.23. The summed E-state index contributed by atoms with van der Waals surface area (Å²) in [4.78, 5) is 0. The molecule has 0 aromatic carbocycles. The van der Waals surface area contributed by atoms with E-state index in [0.717, 1.165) is 12.2 Å². The highest BCUT2D eigenvalue weighted by Crippen LogP contribution is 2.29. The molecule has 0 saturated carbocycles. The van der Waals surface area contributed by atoms with E-state index in [1.54, 1.807) is 7.11 Å². The van der Waals surface area contributed by atoms with E-state index in [-0.39, 0.29) is 12.2 Å². The Labute approximate surface area is 83.6 Å². The van der Waals surface area contributed by atoms with Crippen LogP contribution in [0.4, 0.5) is 0 Å². The van der Waals surface area contributed by atoms with Crippen molar-refractivity contribution >= 4 is 0 Å². The lowest BCUT2D eigenvalue weighted by atomic mass is 9.98. The molecule has 3 nitrogen and oxygen atoms in total. The summed E-state index contributed by atoms with van der Waals surface area (Å²) in [6.45, 7) is 4.03. The maximum Gasteiger partial charge on any atom is 0.189 e. The first-order valence-electron chi connectivity index (χ1n) is 4.65. The maximum atomic E-state index is 5.40. The molecule has 76 valence electrons. The van der Waals surface area contributed by atoms with E-state index < -0.39 is 0 Å². The van der Waals surface area contributed by atoms with Crippen LogP contribution in [0, 0.1) is 0 Å². The monoisotopic (exact) mass is 194 g/mol. The Bertz CT molecular complexity index is 291. The molecule has 0 aromatic heterocycles. The third kappa shape index (κ3) is 1.61. The third-order valence-corrected chi connectivity index (χ3v) is 2.41. The molecular weight excluding hydrogens is 180 g/mol. The smallest absolute Gasteiger partial charge is 0.189 e. The van der Waals surface area contributed by atoms with E-state index in [1.165, 1.54) is 5.57 Å². The van der Waals surface area contributed by atoms with Gasteiger partial charge in [-0.3, -0.25) is 0 Å². The van der Waals surface area contributed by atoms with Gasteiger partial charge in [0.1, 0.15) is 18.0 Å². The fraction of sp³-hybridized carbons (Fsp3) is 0.455. The average molecular weight is 194 g/mol. The quantitative estimate of drug-likeness (QED) is 0.641. The molecule has 2 rings (SSSR count). The van der Waals surface area contributed by atoms with Crippen molar-refractivity contribution in [2.75, 3.05) is 13.9 Å². The van der Waals surface area contributed by atoms with Gasteiger partial charge in [-0.25, -0.2) is 0 Å². The topological polar surface area (TPSA) is 27.7 Å². The van der Waals surface area contributed by atoms with E-state index >= 15 is 0 Å². The van der Waals surface area contributed by atoms with Crippen LogP contribution >= 0.6 is 0 Å². The summed E-state index contributed by atoms with van der Waals surface area (Å²) in [7, 11) is 1.68. The Balaban J connectivity index is 2.20. The normalized spacial score (nSPS) is 30.1. The van der Waals surface area contributed by atoms with Gasteiger partial charge in [0.2, 0.25) is 0 Å². The summed E-state index contributed by atoms with van der Waals surface area (Å²) >= 11 is 0. The minimum Gasteiger partial charge on any atom is -0.469 e. The lowest BCUT2D eigenvalue weighted by Crippen LogP contribution is -2.29. The lowest BCUT2D eigenvalue weighted by molar-refractivity contribution is -0.00930. The Morgan fingerprint density at radius 1 is 1.71 bits per heavy atom. The van der Waals surface area contributed by atoms with Gasteiger partial charge in [0.05, 0.1) is 0 Å². The van der Waals surface area contributed by atoms with Gasteiger partial charge < -0.3 is 14.2 Å². The van der Waals surface area contributed by atoms with Gasteiger partial charge in [0, 0.05) is 7.11 Å². The summed E-state index contributed by atoms with van der Waals surface area (Å²) < 4.78 is 16.1. The molecule has 0 aromatic rings. The molecule has 2 atom stereocenters. The molecule has 1 saturated heterocycles. The number of hydrogen-bond acceptors (Lipinski definition) is 3. The molecule has 0 N–H and O–H groups in total. The number of methoxy groups -OCH3 is 1. The molecule has 0 bridgehead atoms. The first kappa shape index (κ1) is 9.49. The van der Waals surface area contributed by atoms with Gasteiger partial charge in [-0.15, -0.1) is 6.58 Å². The molecule has 1 aliphatic carbocycles. The molecule has 1 fully saturated rings. The Morgan fingerprint density at radius 3 is 3.29 bits per heavy atom. The van der Waals surface area contributed by atoms with Crippen molar-refractivity contribution in [3.63, 3.8) is 0 Å². The van der Waals surface area contributed by atoms with Gasteiger partial charge >= 0.3 is 0 Å². The van der Waals surface area contributed by atoms with E-state index in [9.17, 15) is 0 Å². The minimum absolute atomic E-state index is 0.0348. The van der Waals surface area contributed by atoms with Crippen LogP contribution < -0.4 is 0 Å². The van der Waals surface area contributed by atoms with Crippen LogP contribution in [0.25, 0.3) is 0 Å². The van der Waals surface area contributed by atoms with Crippen LogP contribution in [0.1, 0.15) is 6.42 Å². The van der Waals surface area contributed by atoms with E-state index in [1.807, 2.05) is 12.2 Å². The zero-order valence-corrected chi connectivity index (χ0v) is 8.23. The largest absolute Gasteiger partial charge is 0.469 e. The van der Waals surface area contributed by atoms with Crippen molar-refractivity contribution in [3.8, 4) is 0 Å². The second-order valence-corrected chi connectivity index (χ2v) is 3.33. The number of rotatable bonds is 3. The fourth-order valence-corrected chi connectivity index (χ4v) is 1.73. The van der Waals surface area contributed by atoms with Gasteiger partial charge in [-0.2, -0.15) is 0 Å². The number of fused-ring (bicyclic) bond motifs is 1. The third-order valence-electron chi connectivity index (χ3n) is 2.41. The molecule has 1 aliphatic heterocycles. The van der Waals surface area contributed by atoms with Gasteiger partial charge in [0.15, 0.2) is 6.79 Å². The van der Waals surface area contributed by atoms with Gasteiger partial charge in [-0.05, 0) is 24.1 Å². The summed E-state index contributed by atoms with van der Waals surface area (Å²) in [5, 5.41) is 0. The molecular formula is C11H14O3. The molecule has 2 unspecified atom stereocenters. The van der Waals surface area contributed by atoms with Crippen molar-refractivity contribution in [2.45, 2.75) is 18.6 Å². The molecule has 3 heteroatoms. The maximum absolute atomic E-state index is 5.40. The van der Waals surface area contributed by atoms with Crippen LogP contribution in [-0.2, 0) is 14.2 Å². The fourth-order valence-electron chi connectivity index (χ4n) is 1.73. The molecule has 0 amide bonds. The van der Waals surface area contributed by atoms with Crippen molar-refractivity contribution in [2.24, 2.45) is 0 Å². The Kier molecular flexibility index (Phi) is 2.70. The SMILES string of the molecule is C=CCC1=CC(OC)C2OCOC2=C1. The van der Waals surface area contributed by atoms with Crippen LogP contribution in [-0.4, -0.2) is 26.1 Å². The summed E-state index contributed by atoms with van der Waals surface area (Å²) in [5.74, 6) is 0.871. The number of allylic oxidation sites excluding steroid dienone is 3. The molecule has 0 spiro atoms. The van der Waals surface area contributed by atoms with Crippen molar-refractivity contribution in [1.29, 1.82) is 0 Å². The summed E-state index contributed by atoms with van der Waals surface area (Å²) in [6.07, 6.45) is 6.67. The van der Waals surface area contributed by atoms with E-state index in [0.29, 0.717) is 6.79 Å². The molecule has 2 aliphatic rings. The minimum atomic E-state index is -0.0615. The highest BCUT2D eigenvalue weighted by atomic mass is 16.7. The highest BCUT2D eigenvalue weighted by Gasteiger charge is 2.33. The van der Waals surface area contributed by atoms with E-state index in [4.69, 9.17) is 14.2 Å². The average Bonchev–Trinajstić information content (AvgIpc) is 2.65. The van der Waals surface area contributed by atoms with Crippen LogP contribution in [0.2, 0.25) is 0 Å². The second-order valence-electron chi connectivity index (χ2n) is 3.33. The Morgan fingerprint density at radius 2 is 2.57 bits per heavy atom. The first-order chi connectivity index (χ1) is 6.85. The van der Waals surface area contributed by atoms with E-state index in [2.05, 4.69) is 12.7 Å². The van der Waals surface area contributed by atoms with Crippen molar-refractivity contribution in [3.05, 3.63) is 36.1 Å². The summed E-state index contributed by atoms with van der Waals surface area (Å²) in [6, 6.07) is 0. The second kappa shape index (κ2) is 3.98. The van der Waals surface area contributed by atoms with Gasteiger partial charge in [-0.1, -0.05) is 6.08 Å².